The van der Waals surface area contributed by atoms with Crippen LogP contribution in [-0.2, 0) is 4.79 Å². The Morgan fingerprint density at radius 2 is 1.56 bits per heavy atom. The molecule has 0 atom stereocenters. The lowest BCUT2D eigenvalue weighted by Gasteiger charge is -2.31. The molecular formula is C14H26NO3+. The molecule has 1 fully saturated rings. The van der Waals surface area contributed by atoms with E-state index in [1.807, 2.05) is 20.8 Å². The van der Waals surface area contributed by atoms with Gasteiger partial charge in [0.25, 0.3) is 0 Å². The SMILES string of the molecule is CC(C)(C)CC(=O)C[N+]1(C(=O)O)CCCCCC1. The molecule has 4 nitrogen and oxygen atoms in total. The van der Waals surface area contributed by atoms with E-state index in [2.05, 4.69) is 0 Å². The van der Waals surface area contributed by atoms with Crippen LogP contribution in [-0.4, -0.2) is 41.1 Å². The van der Waals surface area contributed by atoms with E-state index in [0.29, 0.717) is 19.5 Å². The van der Waals surface area contributed by atoms with Gasteiger partial charge in [-0.3, -0.25) is 4.79 Å². The molecular weight excluding hydrogens is 230 g/mol. The predicted octanol–water partition coefficient (Wildman–Crippen LogP) is 3.06. The molecule has 1 aliphatic heterocycles. The van der Waals surface area contributed by atoms with Crippen molar-refractivity contribution in [3.63, 3.8) is 0 Å². The molecule has 104 valence electrons. The van der Waals surface area contributed by atoms with Crippen molar-refractivity contribution in [1.82, 2.24) is 0 Å². The van der Waals surface area contributed by atoms with Crippen LogP contribution in [0.15, 0.2) is 0 Å². The van der Waals surface area contributed by atoms with E-state index in [1.165, 1.54) is 0 Å². The number of likely N-dealkylation sites (tertiary alicyclic amines) is 1. The highest BCUT2D eigenvalue weighted by molar-refractivity contribution is 5.81. The van der Waals surface area contributed by atoms with E-state index in [1.54, 1.807) is 0 Å². The van der Waals surface area contributed by atoms with E-state index in [0.717, 1.165) is 25.7 Å². The van der Waals surface area contributed by atoms with Crippen LogP contribution in [0.3, 0.4) is 0 Å². The Labute approximate surface area is 110 Å². The summed E-state index contributed by atoms with van der Waals surface area (Å²) in [5.41, 5.74) is -0.0641. The highest BCUT2D eigenvalue weighted by atomic mass is 16.4. The zero-order valence-electron chi connectivity index (χ0n) is 11.9. The van der Waals surface area contributed by atoms with Gasteiger partial charge >= 0.3 is 6.09 Å². The fourth-order valence-corrected chi connectivity index (χ4v) is 2.70. The molecule has 0 bridgehead atoms. The number of hydrogen-bond donors (Lipinski definition) is 1. The molecule has 1 rings (SSSR count). The Morgan fingerprint density at radius 3 is 1.94 bits per heavy atom. The van der Waals surface area contributed by atoms with Crippen LogP contribution in [0.1, 0.15) is 52.9 Å². The second-order valence-electron chi connectivity index (χ2n) is 6.72. The molecule has 0 aromatic heterocycles. The highest BCUT2D eigenvalue weighted by Crippen LogP contribution is 2.23. The fraction of sp³-hybridized carbons (Fsp3) is 0.857. The number of nitrogens with zero attached hydrogens (tertiary/aromatic N) is 1. The molecule has 4 heteroatoms. The third kappa shape index (κ3) is 4.41. The quantitative estimate of drug-likeness (QED) is 0.790. The molecule has 0 saturated carbocycles. The number of carbonyl (C=O) groups is 2. The third-order valence-corrected chi connectivity index (χ3v) is 3.53. The van der Waals surface area contributed by atoms with Crippen LogP contribution >= 0.6 is 0 Å². The number of amides is 1. The van der Waals surface area contributed by atoms with Crippen molar-refractivity contribution in [2.75, 3.05) is 19.6 Å². The van der Waals surface area contributed by atoms with Crippen molar-refractivity contribution >= 4 is 11.9 Å². The van der Waals surface area contributed by atoms with Crippen LogP contribution in [0.5, 0.6) is 0 Å². The van der Waals surface area contributed by atoms with Gasteiger partial charge in [0, 0.05) is 6.42 Å². The average molecular weight is 256 g/mol. The Hall–Kier alpha value is -0.900. The van der Waals surface area contributed by atoms with Gasteiger partial charge in [-0.1, -0.05) is 20.8 Å². The van der Waals surface area contributed by atoms with E-state index in [4.69, 9.17) is 0 Å². The number of hydrogen-bond acceptors (Lipinski definition) is 2. The number of rotatable bonds is 3. The number of carboxylic acid groups (broad SMARTS) is 1. The molecule has 1 amide bonds. The lowest BCUT2D eigenvalue weighted by atomic mass is 9.89. The molecule has 0 radical (unpaired) electrons. The molecule has 1 aliphatic rings. The van der Waals surface area contributed by atoms with Gasteiger partial charge in [0.1, 0.15) is 6.54 Å². The van der Waals surface area contributed by atoms with Gasteiger partial charge < -0.3 is 5.11 Å². The summed E-state index contributed by atoms with van der Waals surface area (Å²) in [7, 11) is 0. The normalized spacial score (nSPS) is 20.2. The second-order valence-corrected chi connectivity index (χ2v) is 6.72. The minimum Gasteiger partial charge on any atom is -0.435 e. The van der Waals surface area contributed by atoms with E-state index in [9.17, 15) is 14.7 Å². The van der Waals surface area contributed by atoms with Crippen molar-refractivity contribution in [3.8, 4) is 0 Å². The average Bonchev–Trinajstić information content (AvgIpc) is 2.41. The monoisotopic (exact) mass is 256 g/mol. The summed E-state index contributed by atoms with van der Waals surface area (Å²) in [5, 5.41) is 9.48. The van der Waals surface area contributed by atoms with E-state index < -0.39 is 6.09 Å². The van der Waals surface area contributed by atoms with Gasteiger partial charge in [0.2, 0.25) is 0 Å². The predicted molar refractivity (Wildman–Crippen MR) is 70.4 cm³/mol. The molecule has 1 N–H and O–H groups in total. The first-order chi connectivity index (χ1) is 8.25. The van der Waals surface area contributed by atoms with Crippen molar-refractivity contribution < 1.29 is 19.2 Å². The molecule has 0 aromatic rings. The minimum atomic E-state index is -0.834. The van der Waals surface area contributed by atoms with Crippen molar-refractivity contribution in [2.45, 2.75) is 52.9 Å². The summed E-state index contributed by atoms with van der Waals surface area (Å²) in [4.78, 5) is 23.6. The van der Waals surface area contributed by atoms with Crippen molar-refractivity contribution in [1.29, 1.82) is 0 Å². The third-order valence-electron chi connectivity index (χ3n) is 3.53. The molecule has 0 unspecified atom stereocenters. The molecule has 0 aliphatic carbocycles. The molecule has 0 aromatic carbocycles. The largest absolute Gasteiger partial charge is 0.513 e. The maximum atomic E-state index is 12.1. The number of Topliss-reactive ketones (excluding diaryl/α,β-unsaturated/α-hetero) is 1. The second kappa shape index (κ2) is 5.83. The fourth-order valence-electron chi connectivity index (χ4n) is 2.70. The van der Waals surface area contributed by atoms with Gasteiger partial charge in [-0.15, -0.1) is 0 Å². The Kier molecular flexibility index (Phi) is 4.91. The van der Waals surface area contributed by atoms with Crippen LogP contribution in [0.2, 0.25) is 0 Å². The summed E-state index contributed by atoms with van der Waals surface area (Å²) in [5.74, 6) is 0.0757. The van der Waals surface area contributed by atoms with Crippen molar-refractivity contribution in [2.24, 2.45) is 5.41 Å². The number of quaternary nitrogens is 1. The van der Waals surface area contributed by atoms with Crippen LogP contribution in [0.25, 0.3) is 0 Å². The molecule has 1 saturated heterocycles. The van der Waals surface area contributed by atoms with E-state index in [-0.39, 0.29) is 22.2 Å². The van der Waals surface area contributed by atoms with Gasteiger partial charge in [0.15, 0.2) is 5.78 Å². The first kappa shape index (κ1) is 15.2. The summed E-state index contributed by atoms with van der Waals surface area (Å²) < 4.78 is -0.0467. The number of ketones is 1. The zero-order valence-corrected chi connectivity index (χ0v) is 11.9. The van der Waals surface area contributed by atoms with Gasteiger partial charge in [-0.25, -0.2) is 4.48 Å². The zero-order chi connectivity index (χ0) is 13.8. The molecule has 18 heavy (non-hydrogen) atoms. The Morgan fingerprint density at radius 1 is 1.06 bits per heavy atom. The molecule has 0 spiro atoms. The van der Waals surface area contributed by atoms with Gasteiger partial charge in [-0.05, 0) is 31.1 Å². The maximum absolute atomic E-state index is 12.1. The molecule has 1 heterocycles. The maximum Gasteiger partial charge on any atom is 0.513 e. The first-order valence-corrected chi connectivity index (χ1v) is 6.86. The smallest absolute Gasteiger partial charge is 0.435 e. The van der Waals surface area contributed by atoms with Crippen LogP contribution in [0, 0.1) is 5.41 Å². The summed E-state index contributed by atoms with van der Waals surface area (Å²) in [6.45, 7) is 7.40. The summed E-state index contributed by atoms with van der Waals surface area (Å²) in [6, 6.07) is 0. The standard InChI is InChI=1S/C14H25NO3/c1-14(2,3)10-12(16)11-15(13(17)18)8-6-4-5-7-9-15/h4-11H2,1-3H3/p+1. The lowest BCUT2D eigenvalue weighted by Crippen LogP contribution is -2.55. The summed E-state index contributed by atoms with van der Waals surface area (Å²) in [6.07, 6.45) is 3.62. The first-order valence-electron chi connectivity index (χ1n) is 6.86. The topological polar surface area (TPSA) is 54.4 Å². The number of carbonyl (C=O) groups excluding carboxylic acids is 1. The lowest BCUT2D eigenvalue weighted by molar-refractivity contribution is -0.848. The van der Waals surface area contributed by atoms with E-state index >= 15 is 0 Å². The Bertz CT molecular complexity index is 309. The Balaban J connectivity index is 2.73. The highest BCUT2D eigenvalue weighted by Gasteiger charge is 2.39. The minimum absolute atomic E-state index is 0.0467. The van der Waals surface area contributed by atoms with Crippen LogP contribution < -0.4 is 0 Å². The van der Waals surface area contributed by atoms with Gasteiger partial charge in [0.05, 0.1) is 13.1 Å². The van der Waals surface area contributed by atoms with Crippen LogP contribution in [0.4, 0.5) is 4.79 Å². The van der Waals surface area contributed by atoms with Crippen molar-refractivity contribution in [3.05, 3.63) is 0 Å². The summed E-state index contributed by atoms with van der Waals surface area (Å²) >= 11 is 0. The van der Waals surface area contributed by atoms with Gasteiger partial charge in [-0.2, -0.15) is 4.79 Å².